The molecule has 0 aliphatic carbocycles. The lowest BCUT2D eigenvalue weighted by Crippen LogP contribution is -2.66. The van der Waals surface area contributed by atoms with E-state index in [2.05, 4.69) is 31.3 Å². The second-order valence-corrected chi connectivity index (χ2v) is 29.6. The van der Waals surface area contributed by atoms with E-state index in [1.54, 1.807) is 0 Å². The van der Waals surface area contributed by atoms with Crippen LogP contribution in [0.15, 0.2) is 12.2 Å². The first kappa shape index (κ1) is 90.7. The molecule has 17 unspecified atom stereocenters. The van der Waals surface area contributed by atoms with Crippen molar-refractivity contribution < 1.29 is 89.4 Å². The zero-order chi connectivity index (χ0) is 71.1. The Morgan fingerprint density at radius 1 is 0.357 bits per heavy atom. The van der Waals surface area contributed by atoms with Crippen molar-refractivity contribution in [1.82, 2.24) is 5.32 Å². The number of carbonyl (C=O) groups excluding carboxylic acids is 1. The zero-order valence-electron chi connectivity index (χ0n) is 62.1. The number of unbranched alkanes of at least 4 members (excludes halogenated alkanes) is 48. The monoisotopic (exact) mass is 1400 g/mol. The van der Waals surface area contributed by atoms with Crippen molar-refractivity contribution in [2.75, 3.05) is 26.4 Å². The highest BCUT2D eigenvalue weighted by atomic mass is 16.8. The van der Waals surface area contributed by atoms with Crippen LogP contribution in [-0.4, -0.2) is 193 Å². The van der Waals surface area contributed by atoms with Crippen molar-refractivity contribution in [3.8, 4) is 0 Å². The predicted octanol–water partition coefficient (Wildman–Crippen LogP) is 13.6. The lowest BCUT2D eigenvalue weighted by atomic mass is 9.96. The van der Waals surface area contributed by atoms with Crippen molar-refractivity contribution in [2.45, 2.75) is 458 Å². The van der Waals surface area contributed by atoms with E-state index >= 15 is 0 Å². The second-order valence-electron chi connectivity index (χ2n) is 29.6. The standard InChI is InChI=1S/C79H151NO18/c1-3-5-7-9-11-13-15-17-19-21-23-24-25-26-27-28-29-30-31-32-33-34-35-36-37-38-39-41-43-45-47-49-51-53-55-57-67(85)80-62(63(84)56-54-52-50-48-46-44-42-40-22-20-18-16-14-12-10-8-6-4-2)61-93-77-73(91)70(88)75(65(59-82)95-77)98-79-74(92)71(89)76(66(60-83)96-79)97-78-72(90)69(87)68(86)64(58-81)94-78/h21,23,62-66,68-79,81-84,86-92H,3-20,22,24-61H2,1-2H3,(H,80,85)/b23-21-. The molecule has 0 aromatic rings. The molecule has 0 aromatic heterocycles. The maximum Gasteiger partial charge on any atom is 0.220 e. The van der Waals surface area contributed by atoms with Gasteiger partial charge < -0.3 is 89.9 Å². The Labute approximate surface area is 595 Å². The number of aliphatic hydroxyl groups excluding tert-OH is 11. The first-order valence-electron chi connectivity index (χ1n) is 40.9. The lowest BCUT2D eigenvalue weighted by molar-refractivity contribution is -0.379. The summed E-state index contributed by atoms with van der Waals surface area (Å²) in [6.07, 6.45) is 44.6. The van der Waals surface area contributed by atoms with Crippen LogP contribution in [0.5, 0.6) is 0 Å². The van der Waals surface area contributed by atoms with E-state index in [0.717, 1.165) is 44.9 Å². The van der Waals surface area contributed by atoms with Gasteiger partial charge in [0.1, 0.15) is 73.2 Å². The maximum atomic E-state index is 13.5. The molecule has 17 atom stereocenters. The molecule has 3 fully saturated rings. The van der Waals surface area contributed by atoms with Gasteiger partial charge in [0.2, 0.25) is 5.91 Å². The van der Waals surface area contributed by atoms with E-state index in [1.807, 2.05) is 0 Å². The van der Waals surface area contributed by atoms with Gasteiger partial charge in [-0.05, 0) is 38.5 Å². The summed E-state index contributed by atoms with van der Waals surface area (Å²) in [5.41, 5.74) is 0. The molecule has 3 aliphatic heterocycles. The molecule has 0 saturated carbocycles. The van der Waals surface area contributed by atoms with Gasteiger partial charge in [0.25, 0.3) is 0 Å². The minimum absolute atomic E-state index is 0.234. The van der Waals surface area contributed by atoms with Crippen LogP contribution >= 0.6 is 0 Å². The number of rotatable bonds is 66. The minimum Gasteiger partial charge on any atom is -0.394 e. The molecule has 0 radical (unpaired) electrons. The van der Waals surface area contributed by atoms with Gasteiger partial charge in [0.15, 0.2) is 18.9 Å². The fourth-order valence-corrected chi connectivity index (χ4v) is 14.3. The molecule has 3 rings (SSSR count). The molecule has 3 aliphatic rings. The second kappa shape index (κ2) is 60.8. The summed E-state index contributed by atoms with van der Waals surface area (Å²) >= 11 is 0. The minimum atomic E-state index is -1.97. The Morgan fingerprint density at radius 2 is 0.643 bits per heavy atom. The van der Waals surface area contributed by atoms with Crippen molar-refractivity contribution in [1.29, 1.82) is 0 Å². The summed E-state index contributed by atoms with van der Waals surface area (Å²) in [5.74, 6) is -0.234. The highest BCUT2D eigenvalue weighted by Crippen LogP contribution is 2.33. The van der Waals surface area contributed by atoms with Gasteiger partial charge in [0.05, 0.1) is 38.6 Å². The lowest BCUT2D eigenvalue weighted by Gasteiger charge is -2.48. The molecular formula is C79H151NO18. The van der Waals surface area contributed by atoms with Gasteiger partial charge in [-0.1, -0.05) is 321 Å². The third kappa shape index (κ3) is 40.7. The van der Waals surface area contributed by atoms with Crippen LogP contribution in [0.2, 0.25) is 0 Å². The maximum absolute atomic E-state index is 13.5. The van der Waals surface area contributed by atoms with E-state index in [-0.39, 0.29) is 18.9 Å². The number of allylic oxidation sites excluding steroid dienone is 2. The van der Waals surface area contributed by atoms with Gasteiger partial charge in [-0.2, -0.15) is 0 Å². The highest BCUT2D eigenvalue weighted by molar-refractivity contribution is 5.76. The molecule has 0 aromatic carbocycles. The molecule has 19 heteroatoms. The number of amides is 1. The molecule has 0 bridgehead atoms. The molecular weight excluding hydrogens is 1250 g/mol. The number of hydrogen-bond donors (Lipinski definition) is 12. The molecule has 98 heavy (non-hydrogen) atoms. The normalized spacial score (nSPS) is 26.7. The molecule has 12 N–H and O–H groups in total. The number of ether oxygens (including phenoxy) is 6. The number of carbonyl (C=O) groups is 1. The van der Waals surface area contributed by atoms with Crippen LogP contribution in [-0.2, 0) is 33.2 Å². The summed E-state index contributed by atoms with van der Waals surface area (Å²) in [5, 5.41) is 121. The Morgan fingerprint density at radius 3 is 0.990 bits per heavy atom. The summed E-state index contributed by atoms with van der Waals surface area (Å²) in [6, 6.07) is -0.884. The van der Waals surface area contributed by atoms with Gasteiger partial charge in [-0.3, -0.25) is 4.79 Å². The summed E-state index contributed by atoms with van der Waals surface area (Å²) in [7, 11) is 0. The van der Waals surface area contributed by atoms with Crippen LogP contribution in [0.3, 0.4) is 0 Å². The van der Waals surface area contributed by atoms with Crippen LogP contribution < -0.4 is 5.32 Å². The first-order chi connectivity index (χ1) is 47.8. The van der Waals surface area contributed by atoms with Gasteiger partial charge in [0, 0.05) is 6.42 Å². The van der Waals surface area contributed by atoms with Crippen LogP contribution in [0.4, 0.5) is 0 Å². The molecule has 0 spiro atoms. The fraction of sp³-hybridized carbons (Fsp3) is 0.962. The summed E-state index contributed by atoms with van der Waals surface area (Å²) in [6.45, 7) is 1.86. The quantitative estimate of drug-likeness (QED) is 0.0199. The molecule has 580 valence electrons. The van der Waals surface area contributed by atoms with Gasteiger partial charge in [-0.15, -0.1) is 0 Å². The van der Waals surface area contributed by atoms with Crippen molar-refractivity contribution in [3.05, 3.63) is 12.2 Å². The van der Waals surface area contributed by atoms with Crippen LogP contribution in [0.1, 0.15) is 354 Å². The molecule has 19 nitrogen and oxygen atoms in total. The third-order valence-electron chi connectivity index (χ3n) is 20.8. The highest BCUT2D eigenvalue weighted by Gasteiger charge is 2.54. The number of hydrogen-bond acceptors (Lipinski definition) is 18. The largest absolute Gasteiger partial charge is 0.394 e. The molecule has 1 amide bonds. The van der Waals surface area contributed by atoms with Gasteiger partial charge >= 0.3 is 0 Å². The topological polar surface area (TPSA) is 307 Å². The Balaban J connectivity index is 1.32. The smallest absolute Gasteiger partial charge is 0.220 e. The fourth-order valence-electron chi connectivity index (χ4n) is 14.3. The van der Waals surface area contributed by atoms with Gasteiger partial charge in [-0.25, -0.2) is 0 Å². The average molecular weight is 1400 g/mol. The predicted molar refractivity (Wildman–Crippen MR) is 388 cm³/mol. The van der Waals surface area contributed by atoms with E-state index in [0.29, 0.717) is 12.8 Å². The van der Waals surface area contributed by atoms with Crippen molar-refractivity contribution >= 4 is 5.91 Å². The van der Waals surface area contributed by atoms with Crippen molar-refractivity contribution in [3.63, 3.8) is 0 Å². The van der Waals surface area contributed by atoms with E-state index < -0.39 is 124 Å². The Bertz CT molecular complexity index is 1820. The summed E-state index contributed by atoms with van der Waals surface area (Å²) < 4.78 is 34.5. The number of aliphatic hydroxyl groups is 11. The molecule has 3 saturated heterocycles. The van der Waals surface area contributed by atoms with E-state index in [9.17, 15) is 61.0 Å². The zero-order valence-corrected chi connectivity index (χ0v) is 62.1. The van der Waals surface area contributed by atoms with E-state index in [4.69, 9.17) is 28.4 Å². The van der Waals surface area contributed by atoms with Crippen LogP contribution in [0.25, 0.3) is 0 Å². The SMILES string of the molecule is CCCCCCCCCC/C=C\CCCCCCCCCCCCCCCCCCCCCCCCCC(=O)NC(COC1OC(CO)C(OC2OC(CO)C(OC3OC(CO)C(O)C(O)C3O)C(O)C2O)C(O)C1O)C(O)CCCCCCCCCCCCCCCCCCCC. The summed E-state index contributed by atoms with van der Waals surface area (Å²) in [4.78, 5) is 13.5. The van der Waals surface area contributed by atoms with Crippen molar-refractivity contribution in [2.24, 2.45) is 0 Å². The third-order valence-corrected chi connectivity index (χ3v) is 20.8. The Hall–Kier alpha value is -1.47. The molecule has 3 heterocycles. The average Bonchev–Trinajstić information content (AvgIpc) is 0.785. The number of nitrogens with one attached hydrogen (secondary N) is 1. The van der Waals surface area contributed by atoms with E-state index in [1.165, 1.54) is 276 Å². The first-order valence-corrected chi connectivity index (χ1v) is 40.9. The Kier molecular flexibility index (Phi) is 56.3. The van der Waals surface area contributed by atoms with Crippen LogP contribution in [0, 0.1) is 0 Å².